The summed E-state index contributed by atoms with van der Waals surface area (Å²) < 4.78 is 6.19. The number of nitrogens with zero attached hydrogens (tertiary/aromatic N) is 1. The number of phenols is 1. The monoisotopic (exact) mass is 410 g/mol. The minimum atomic E-state index is -0.602. The van der Waals surface area contributed by atoms with Crippen LogP contribution in [0.15, 0.2) is 89.3 Å². The van der Waals surface area contributed by atoms with Crippen LogP contribution >= 0.6 is 0 Å². The van der Waals surface area contributed by atoms with Crippen molar-refractivity contribution in [2.75, 3.05) is 0 Å². The molecule has 0 saturated carbocycles. The first-order chi connectivity index (χ1) is 15.1. The Morgan fingerprint density at radius 2 is 1.61 bits per heavy atom. The van der Waals surface area contributed by atoms with E-state index in [9.17, 15) is 9.90 Å². The number of aromatic nitrogens is 1. The van der Waals surface area contributed by atoms with Crippen LogP contribution in [0.3, 0.4) is 0 Å². The van der Waals surface area contributed by atoms with Gasteiger partial charge in [-0.25, -0.2) is 4.98 Å². The zero-order valence-corrected chi connectivity index (χ0v) is 17.1. The molecule has 0 spiro atoms. The molecule has 0 fully saturated rings. The molecule has 0 aliphatic rings. The normalized spacial score (nSPS) is 11.8. The van der Waals surface area contributed by atoms with Crippen LogP contribution in [0, 0.1) is 5.41 Å². The number of carbonyl (C=O) groups is 1. The van der Waals surface area contributed by atoms with E-state index in [1.165, 1.54) is 12.1 Å². The zero-order valence-electron chi connectivity index (χ0n) is 17.1. The second-order valence-corrected chi connectivity index (χ2v) is 7.22. The van der Waals surface area contributed by atoms with Crippen molar-refractivity contribution in [2.24, 2.45) is 0 Å². The van der Waals surface area contributed by atoms with Gasteiger partial charge in [0.2, 0.25) is 11.7 Å². The third kappa shape index (κ3) is 4.16. The van der Waals surface area contributed by atoms with Gasteiger partial charge in [-0.15, -0.1) is 0 Å². The van der Waals surface area contributed by atoms with Crippen LogP contribution < -0.4 is 0 Å². The molecule has 1 heterocycles. The molecule has 1 unspecified atom stereocenters. The molecule has 4 rings (SSSR count). The van der Waals surface area contributed by atoms with Gasteiger partial charge in [-0.1, -0.05) is 79.7 Å². The average molecular weight is 410 g/mol. The summed E-state index contributed by atoms with van der Waals surface area (Å²) in [7, 11) is 0. The first-order valence-electron chi connectivity index (χ1n) is 10.1. The van der Waals surface area contributed by atoms with Gasteiger partial charge >= 0.3 is 0 Å². The van der Waals surface area contributed by atoms with E-state index < -0.39 is 11.7 Å². The fourth-order valence-electron chi connectivity index (χ4n) is 3.53. The fraction of sp³-hybridized carbons (Fsp3) is 0.115. The Morgan fingerprint density at radius 1 is 0.968 bits per heavy atom. The molecule has 3 aromatic carbocycles. The highest BCUT2D eigenvalue weighted by atomic mass is 16.4. The summed E-state index contributed by atoms with van der Waals surface area (Å²) in [6.07, 6.45) is 0.479. The number of oxazole rings is 1. The summed E-state index contributed by atoms with van der Waals surface area (Å²) >= 11 is 0. The number of ketones is 1. The van der Waals surface area contributed by atoms with Gasteiger partial charge in [0, 0.05) is 16.7 Å². The van der Waals surface area contributed by atoms with Crippen LogP contribution in [-0.4, -0.2) is 21.6 Å². The second kappa shape index (κ2) is 8.79. The van der Waals surface area contributed by atoms with Crippen molar-refractivity contribution in [2.45, 2.75) is 19.3 Å². The summed E-state index contributed by atoms with van der Waals surface area (Å²) in [4.78, 5) is 17.6. The lowest BCUT2D eigenvalue weighted by atomic mass is 9.93. The molecule has 0 bridgehead atoms. The number of rotatable bonds is 7. The van der Waals surface area contributed by atoms with Crippen LogP contribution in [-0.2, 0) is 0 Å². The van der Waals surface area contributed by atoms with Gasteiger partial charge in [-0.05, 0) is 18.6 Å². The Hall–Kier alpha value is -3.99. The lowest BCUT2D eigenvalue weighted by Crippen LogP contribution is -2.21. The highest BCUT2D eigenvalue weighted by molar-refractivity contribution is 6.46. The molecule has 4 aromatic rings. The van der Waals surface area contributed by atoms with Gasteiger partial charge in [-0.3, -0.25) is 4.79 Å². The second-order valence-electron chi connectivity index (χ2n) is 7.22. The van der Waals surface area contributed by atoms with E-state index in [0.717, 1.165) is 11.1 Å². The Balaban J connectivity index is 1.76. The molecule has 5 nitrogen and oxygen atoms in total. The lowest BCUT2D eigenvalue weighted by Gasteiger charge is -2.12. The van der Waals surface area contributed by atoms with Crippen molar-refractivity contribution in [1.29, 1.82) is 5.41 Å². The molecular weight excluding hydrogens is 388 g/mol. The Labute approximate surface area is 180 Å². The maximum Gasteiger partial charge on any atom is 0.207 e. The first-order valence-corrected chi connectivity index (χ1v) is 10.1. The molecule has 0 saturated heterocycles. The summed E-state index contributed by atoms with van der Waals surface area (Å²) in [5.41, 5.74) is 2.60. The van der Waals surface area contributed by atoms with Crippen molar-refractivity contribution >= 4 is 11.5 Å². The Bertz CT molecular complexity index is 1160. The highest BCUT2D eigenvalue weighted by Gasteiger charge is 2.29. The van der Waals surface area contributed by atoms with Crippen LogP contribution in [0.5, 0.6) is 5.75 Å². The SMILES string of the molecule is CCC(C(=N)C(=O)c1cccc(O)c1)c1nc(-c2ccccc2)c(-c2ccccc2)o1. The molecule has 31 heavy (non-hydrogen) atoms. The molecule has 2 N–H and O–H groups in total. The van der Waals surface area contributed by atoms with Gasteiger partial charge in [0.1, 0.15) is 11.4 Å². The third-order valence-corrected chi connectivity index (χ3v) is 5.13. The van der Waals surface area contributed by atoms with E-state index in [0.29, 0.717) is 23.8 Å². The van der Waals surface area contributed by atoms with E-state index in [-0.39, 0.29) is 17.0 Å². The van der Waals surface area contributed by atoms with Crippen LogP contribution in [0.2, 0.25) is 0 Å². The number of aromatic hydroxyl groups is 1. The number of carbonyl (C=O) groups excluding carboxylic acids is 1. The van der Waals surface area contributed by atoms with Crippen LogP contribution in [0.4, 0.5) is 0 Å². The number of nitrogens with one attached hydrogen (secondary N) is 1. The lowest BCUT2D eigenvalue weighted by molar-refractivity contribution is 0.106. The molecule has 0 aliphatic heterocycles. The predicted molar refractivity (Wildman–Crippen MR) is 121 cm³/mol. The van der Waals surface area contributed by atoms with Gasteiger partial charge in [0.25, 0.3) is 0 Å². The van der Waals surface area contributed by atoms with E-state index in [1.807, 2.05) is 67.6 Å². The average Bonchev–Trinajstić information content (AvgIpc) is 3.25. The largest absolute Gasteiger partial charge is 0.508 e. The minimum Gasteiger partial charge on any atom is -0.508 e. The Kier molecular flexibility index (Phi) is 5.76. The molecule has 154 valence electrons. The summed E-state index contributed by atoms with van der Waals surface area (Å²) in [6, 6.07) is 25.4. The van der Waals surface area contributed by atoms with Gasteiger partial charge in [0.15, 0.2) is 5.76 Å². The standard InChI is InChI=1S/C26H22N2O3/c1-2-21(22(27)24(30)19-14-9-15-20(29)16-19)26-28-23(17-10-5-3-6-11-17)25(31-26)18-12-7-4-8-13-18/h3-16,21,27,29H,2H2,1H3. The number of Topliss-reactive ketones (excluding diaryl/α,β-unsaturated/α-hetero) is 1. The number of hydrogen-bond donors (Lipinski definition) is 2. The smallest absolute Gasteiger partial charge is 0.207 e. The molecular formula is C26H22N2O3. The molecule has 1 aromatic heterocycles. The molecule has 0 radical (unpaired) electrons. The zero-order chi connectivity index (χ0) is 21.8. The quantitative estimate of drug-likeness (QED) is 0.284. The van der Waals surface area contributed by atoms with Gasteiger partial charge in [0.05, 0.1) is 11.6 Å². The number of hydrogen-bond acceptors (Lipinski definition) is 5. The third-order valence-electron chi connectivity index (χ3n) is 5.13. The summed E-state index contributed by atoms with van der Waals surface area (Å²) in [5, 5.41) is 18.2. The summed E-state index contributed by atoms with van der Waals surface area (Å²) in [5.74, 6) is -0.129. The van der Waals surface area contributed by atoms with E-state index in [4.69, 9.17) is 14.8 Å². The van der Waals surface area contributed by atoms with Crippen LogP contribution in [0.1, 0.15) is 35.5 Å². The highest BCUT2D eigenvalue weighted by Crippen LogP contribution is 2.36. The van der Waals surface area contributed by atoms with Crippen molar-refractivity contribution in [3.05, 3.63) is 96.4 Å². The molecule has 5 heteroatoms. The minimum absolute atomic E-state index is 0.0134. The fourth-order valence-corrected chi connectivity index (χ4v) is 3.53. The van der Waals surface area contributed by atoms with Crippen molar-refractivity contribution in [1.82, 2.24) is 4.98 Å². The maximum atomic E-state index is 12.9. The van der Waals surface area contributed by atoms with Gasteiger partial charge < -0.3 is 14.9 Å². The maximum absolute atomic E-state index is 12.9. The first kappa shape index (κ1) is 20.3. The van der Waals surface area contributed by atoms with E-state index in [2.05, 4.69) is 0 Å². The van der Waals surface area contributed by atoms with E-state index in [1.54, 1.807) is 12.1 Å². The Morgan fingerprint density at radius 3 is 2.23 bits per heavy atom. The van der Waals surface area contributed by atoms with Crippen LogP contribution in [0.25, 0.3) is 22.6 Å². The van der Waals surface area contributed by atoms with E-state index >= 15 is 0 Å². The van der Waals surface area contributed by atoms with Crippen molar-refractivity contribution in [3.63, 3.8) is 0 Å². The number of benzene rings is 3. The van der Waals surface area contributed by atoms with Gasteiger partial charge in [-0.2, -0.15) is 0 Å². The molecule has 0 amide bonds. The van der Waals surface area contributed by atoms with Crippen molar-refractivity contribution < 1.29 is 14.3 Å². The molecule has 0 aliphatic carbocycles. The number of phenolic OH excluding ortho intramolecular Hbond substituents is 1. The summed E-state index contributed by atoms with van der Waals surface area (Å²) in [6.45, 7) is 1.89. The topological polar surface area (TPSA) is 87.2 Å². The van der Waals surface area contributed by atoms with Crippen molar-refractivity contribution in [3.8, 4) is 28.3 Å². The predicted octanol–water partition coefficient (Wildman–Crippen LogP) is 6.11. The molecule has 1 atom stereocenters.